The van der Waals surface area contributed by atoms with Crippen molar-refractivity contribution < 1.29 is 4.79 Å². The van der Waals surface area contributed by atoms with Gasteiger partial charge in [0.05, 0.1) is 0 Å². The maximum Gasteiger partial charge on any atom is 0.293 e. The number of anilines is 1. The van der Waals surface area contributed by atoms with E-state index in [2.05, 4.69) is 29.5 Å². The van der Waals surface area contributed by atoms with E-state index >= 15 is 0 Å². The number of hydrogen-bond donors (Lipinski definition) is 2. The molecule has 0 aromatic carbocycles. The number of rotatable bonds is 7. The Morgan fingerprint density at radius 3 is 2.90 bits per heavy atom. The molecule has 0 saturated heterocycles. The topological polar surface area (TPSA) is 76.0 Å². The van der Waals surface area contributed by atoms with Gasteiger partial charge in [-0.1, -0.05) is 13.8 Å². The summed E-state index contributed by atoms with van der Waals surface area (Å²) in [5, 5.41) is 5.86. The summed E-state index contributed by atoms with van der Waals surface area (Å²) in [6.07, 6.45) is 5.82. The van der Waals surface area contributed by atoms with Crippen LogP contribution >= 0.6 is 0 Å². The first kappa shape index (κ1) is 14.6. The lowest BCUT2D eigenvalue weighted by Gasteiger charge is -2.10. The van der Waals surface area contributed by atoms with Crippen molar-refractivity contribution in [2.24, 2.45) is 5.92 Å². The summed E-state index contributed by atoms with van der Waals surface area (Å²) in [5.74, 6) is 0.734. The number of nitrogens with one attached hydrogen (secondary N) is 2. The zero-order chi connectivity index (χ0) is 14.5. The van der Waals surface area contributed by atoms with Crippen LogP contribution in [0.5, 0.6) is 0 Å². The van der Waals surface area contributed by atoms with Crippen LogP contribution in [0.3, 0.4) is 0 Å². The van der Waals surface area contributed by atoms with Crippen molar-refractivity contribution in [1.82, 2.24) is 14.9 Å². The zero-order valence-electron chi connectivity index (χ0n) is 12.1. The lowest BCUT2D eigenvalue weighted by molar-refractivity contribution is -0.120. The average molecular weight is 278 g/mol. The quantitative estimate of drug-likeness (QED) is 0.779. The van der Waals surface area contributed by atoms with Crippen molar-refractivity contribution in [3.63, 3.8) is 0 Å². The van der Waals surface area contributed by atoms with Crippen LogP contribution in [-0.2, 0) is 11.3 Å². The summed E-state index contributed by atoms with van der Waals surface area (Å²) < 4.78 is 1.64. The minimum Gasteiger partial charge on any atom is -0.365 e. The molecule has 6 nitrogen and oxygen atoms in total. The highest BCUT2D eigenvalue weighted by Crippen LogP contribution is 2.18. The fourth-order valence-corrected chi connectivity index (χ4v) is 1.93. The van der Waals surface area contributed by atoms with E-state index in [1.165, 1.54) is 0 Å². The minimum absolute atomic E-state index is 0.0263. The summed E-state index contributed by atoms with van der Waals surface area (Å²) in [7, 11) is 0. The Balaban J connectivity index is 1.85. The van der Waals surface area contributed by atoms with Crippen molar-refractivity contribution in [3.05, 3.63) is 22.7 Å². The van der Waals surface area contributed by atoms with E-state index in [9.17, 15) is 9.59 Å². The second-order valence-corrected chi connectivity index (χ2v) is 5.65. The predicted molar refractivity (Wildman–Crippen MR) is 77.6 cm³/mol. The largest absolute Gasteiger partial charge is 0.365 e. The van der Waals surface area contributed by atoms with Crippen molar-refractivity contribution in [2.75, 3.05) is 11.9 Å². The summed E-state index contributed by atoms with van der Waals surface area (Å²) in [6, 6.07) is 0.376. The van der Waals surface area contributed by atoms with Gasteiger partial charge in [0.1, 0.15) is 0 Å². The van der Waals surface area contributed by atoms with Gasteiger partial charge in [-0.2, -0.15) is 0 Å². The van der Waals surface area contributed by atoms with Crippen LogP contribution < -0.4 is 16.2 Å². The third-order valence-corrected chi connectivity index (χ3v) is 3.06. The van der Waals surface area contributed by atoms with Crippen LogP contribution in [0.25, 0.3) is 0 Å². The van der Waals surface area contributed by atoms with Gasteiger partial charge in [0.2, 0.25) is 5.91 Å². The first-order chi connectivity index (χ1) is 9.56. The Labute approximate surface area is 118 Å². The maximum absolute atomic E-state index is 12.1. The molecule has 20 heavy (non-hydrogen) atoms. The fraction of sp³-hybridized carbons (Fsp3) is 0.643. The lowest BCUT2D eigenvalue weighted by atomic mass is 10.2. The Morgan fingerprint density at radius 1 is 1.50 bits per heavy atom. The molecule has 0 unspecified atom stereocenters. The van der Waals surface area contributed by atoms with Gasteiger partial charge in [-0.3, -0.25) is 9.59 Å². The van der Waals surface area contributed by atoms with Crippen LogP contribution in [0.15, 0.2) is 17.2 Å². The number of nitrogens with zero attached hydrogens (tertiary/aromatic N) is 2. The molecule has 1 heterocycles. The molecule has 1 aliphatic carbocycles. The standard InChI is InChI=1S/C14H22N4O2/c1-10(2)9-18-8-7-16-13(14(18)20)15-6-5-12(19)17-11-3-4-11/h7-8,10-11H,3-6,9H2,1-2H3,(H,15,16)(H,17,19). The van der Waals surface area contributed by atoms with Gasteiger partial charge in [-0.15, -0.1) is 0 Å². The minimum atomic E-state index is -0.135. The third kappa shape index (κ3) is 4.36. The van der Waals surface area contributed by atoms with Crippen molar-refractivity contribution in [2.45, 2.75) is 45.7 Å². The van der Waals surface area contributed by atoms with Gasteiger partial charge in [-0.05, 0) is 18.8 Å². The van der Waals surface area contributed by atoms with Crippen molar-refractivity contribution in [3.8, 4) is 0 Å². The molecule has 1 aromatic heterocycles. The van der Waals surface area contributed by atoms with Gasteiger partial charge in [-0.25, -0.2) is 4.98 Å². The SMILES string of the molecule is CC(C)Cn1ccnc(NCCC(=O)NC2CC2)c1=O. The van der Waals surface area contributed by atoms with E-state index in [0.29, 0.717) is 37.3 Å². The molecule has 0 radical (unpaired) electrons. The van der Waals surface area contributed by atoms with E-state index in [0.717, 1.165) is 12.8 Å². The normalized spacial score (nSPS) is 14.3. The molecule has 2 rings (SSSR count). The molecule has 0 atom stereocenters. The van der Waals surface area contributed by atoms with Gasteiger partial charge < -0.3 is 15.2 Å². The number of hydrogen-bond acceptors (Lipinski definition) is 4. The molecule has 0 bridgehead atoms. The van der Waals surface area contributed by atoms with Crippen LogP contribution in [-0.4, -0.2) is 28.0 Å². The van der Waals surface area contributed by atoms with Gasteiger partial charge in [0.25, 0.3) is 5.56 Å². The predicted octanol–water partition coefficient (Wildman–Crippen LogP) is 0.980. The Bertz CT molecular complexity index is 520. The van der Waals surface area contributed by atoms with Crippen molar-refractivity contribution in [1.29, 1.82) is 0 Å². The average Bonchev–Trinajstić information content (AvgIpc) is 3.17. The molecule has 1 saturated carbocycles. The highest BCUT2D eigenvalue weighted by molar-refractivity contribution is 5.77. The second-order valence-electron chi connectivity index (χ2n) is 5.65. The molecule has 0 aliphatic heterocycles. The molecule has 1 aliphatic rings. The Kier molecular flexibility index (Phi) is 4.76. The smallest absolute Gasteiger partial charge is 0.293 e. The van der Waals surface area contributed by atoms with E-state index in [1.807, 2.05) is 0 Å². The molecule has 1 fully saturated rings. The summed E-state index contributed by atoms with van der Waals surface area (Å²) in [5.41, 5.74) is -0.135. The van der Waals surface area contributed by atoms with Crippen LogP contribution in [0, 0.1) is 5.92 Å². The molecule has 0 spiro atoms. The van der Waals surface area contributed by atoms with Crippen molar-refractivity contribution >= 4 is 11.7 Å². The monoisotopic (exact) mass is 278 g/mol. The number of aromatic nitrogens is 2. The number of carbonyl (C=O) groups excluding carboxylic acids is 1. The summed E-state index contributed by atoms with van der Waals surface area (Å²) in [6.45, 7) is 5.20. The molecule has 1 aromatic rings. The van der Waals surface area contributed by atoms with Gasteiger partial charge in [0, 0.05) is 37.9 Å². The molecule has 2 N–H and O–H groups in total. The molecule has 6 heteroatoms. The zero-order valence-corrected chi connectivity index (χ0v) is 12.1. The highest BCUT2D eigenvalue weighted by atomic mass is 16.1. The first-order valence-corrected chi connectivity index (χ1v) is 7.15. The van der Waals surface area contributed by atoms with Crippen LogP contribution in [0.1, 0.15) is 33.1 Å². The molecule has 110 valence electrons. The van der Waals surface area contributed by atoms with Gasteiger partial charge >= 0.3 is 0 Å². The molecule has 1 amide bonds. The van der Waals surface area contributed by atoms with E-state index in [1.54, 1.807) is 17.0 Å². The van der Waals surface area contributed by atoms with E-state index in [4.69, 9.17) is 0 Å². The van der Waals surface area contributed by atoms with E-state index < -0.39 is 0 Å². The summed E-state index contributed by atoms with van der Waals surface area (Å²) in [4.78, 5) is 27.7. The molecular weight excluding hydrogens is 256 g/mol. The second kappa shape index (κ2) is 6.54. The van der Waals surface area contributed by atoms with Gasteiger partial charge in [0.15, 0.2) is 5.82 Å². The first-order valence-electron chi connectivity index (χ1n) is 7.15. The van der Waals surface area contributed by atoms with E-state index in [-0.39, 0.29) is 11.5 Å². The Hall–Kier alpha value is -1.85. The number of amides is 1. The molecular formula is C14H22N4O2. The maximum atomic E-state index is 12.1. The van der Waals surface area contributed by atoms with Crippen LogP contribution in [0.4, 0.5) is 5.82 Å². The number of carbonyl (C=O) groups is 1. The lowest BCUT2D eigenvalue weighted by Crippen LogP contribution is -2.29. The van der Waals surface area contributed by atoms with Crippen LogP contribution in [0.2, 0.25) is 0 Å². The third-order valence-electron chi connectivity index (χ3n) is 3.06. The Morgan fingerprint density at radius 2 is 2.25 bits per heavy atom. The highest BCUT2D eigenvalue weighted by Gasteiger charge is 2.22. The fourth-order valence-electron chi connectivity index (χ4n) is 1.93. The summed E-state index contributed by atoms with van der Waals surface area (Å²) >= 11 is 0.